The van der Waals surface area contributed by atoms with Gasteiger partial charge in [0.2, 0.25) is 0 Å². The van der Waals surface area contributed by atoms with Crippen molar-refractivity contribution in [2.75, 3.05) is 26.3 Å². The molecule has 1 saturated heterocycles. The lowest BCUT2D eigenvalue weighted by Gasteiger charge is -2.36. The van der Waals surface area contributed by atoms with Crippen LogP contribution < -0.4 is 5.73 Å². The largest absolute Gasteiger partial charge is 0.378 e. The summed E-state index contributed by atoms with van der Waals surface area (Å²) in [5.41, 5.74) is 5.94. The van der Waals surface area contributed by atoms with Crippen LogP contribution in [0.4, 0.5) is 0 Å². The van der Waals surface area contributed by atoms with Crippen LogP contribution in [0, 0.1) is 0 Å². The molecule has 3 heteroatoms. The number of nitrogens with two attached hydrogens (primary N) is 1. The molecule has 1 rings (SSSR count). The molecule has 0 saturated carbocycles. The molecule has 1 aliphatic rings. The van der Waals surface area contributed by atoms with E-state index in [4.69, 9.17) is 10.5 Å². The number of hydrogen-bond acceptors (Lipinski definition) is 3. The second-order valence-electron chi connectivity index (χ2n) is 3.80. The summed E-state index contributed by atoms with van der Waals surface area (Å²) in [6, 6.07) is 0.915. The van der Waals surface area contributed by atoms with Gasteiger partial charge in [-0.05, 0) is 12.8 Å². The molecule has 2 unspecified atom stereocenters. The Morgan fingerprint density at radius 3 is 2.92 bits per heavy atom. The third-order valence-corrected chi connectivity index (χ3v) is 2.81. The normalized spacial score (nSPS) is 27.5. The molecule has 3 nitrogen and oxygen atoms in total. The van der Waals surface area contributed by atoms with Crippen LogP contribution in [0.2, 0.25) is 0 Å². The van der Waals surface area contributed by atoms with Gasteiger partial charge in [-0.2, -0.15) is 0 Å². The molecular formula is C10H22N2O. The third-order valence-electron chi connectivity index (χ3n) is 2.81. The Labute approximate surface area is 81.2 Å². The second-order valence-corrected chi connectivity index (χ2v) is 3.80. The van der Waals surface area contributed by atoms with Crippen LogP contribution in [0.15, 0.2) is 0 Å². The standard InChI is InChI=1S/C10H22N2O/c1-3-9(11)7-12-5-6-13-8-10(12)4-2/h9-10H,3-8,11H2,1-2H3. The van der Waals surface area contributed by atoms with Crippen LogP contribution in [0.5, 0.6) is 0 Å². The Morgan fingerprint density at radius 2 is 2.31 bits per heavy atom. The van der Waals surface area contributed by atoms with E-state index >= 15 is 0 Å². The van der Waals surface area contributed by atoms with Crippen molar-refractivity contribution in [3.8, 4) is 0 Å². The van der Waals surface area contributed by atoms with E-state index in [1.165, 1.54) is 0 Å². The lowest BCUT2D eigenvalue weighted by molar-refractivity contribution is -0.0110. The predicted molar refractivity (Wildman–Crippen MR) is 54.7 cm³/mol. The number of ether oxygens (including phenoxy) is 1. The van der Waals surface area contributed by atoms with Gasteiger partial charge in [0.05, 0.1) is 13.2 Å². The Morgan fingerprint density at radius 1 is 1.54 bits per heavy atom. The summed E-state index contributed by atoms with van der Waals surface area (Å²) in [4.78, 5) is 2.47. The minimum atomic E-state index is 0.326. The molecule has 0 aliphatic carbocycles. The van der Waals surface area contributed by atoms with Gasteiger partial charge < -0.3 is 10.5 Å². The average molecular weight is 186 g/mol. The molecule has 78 valence electrons. The fourth-order valence-corrected chi connectivity index (χ4v) is 1.74. The van der Waals surface area contributed by atoms with Crippen LogP contribution in [0.1, 0.15) is 26.7 Å². The summed E-state index contributed by atoms with van der Waals surface area (Å²) in [6.45, 7) is 8.18. The predicted octanol–water partition coefficient (Wildman–Crippen LogP) is 0.834. The van der Waals surface area contributed by atoms with Crippen molar-refractivity contribution in [2.24, 2.45) is 5.73 Å². The molecule has 1 aliphatic heterocycles. The topological polar surface area (TPSA) is 38.5 Å². The van der Waals surface area contributed by atoms with Crippen LogP contribution in [-0.4, -0.2) is 43.3 Å². The molecule has 0 aromatic heterocycles. The van der Waals surface area contributed by atoms with Gasteiger partial charge in [0, 0.05) is 25.2 Å². The highest BCUT2D eigenvalue weighted by Crippen LogP contribution is 2.10. The molecule has 0 bridgehead atoms. The van der Waals surface area contributed by atoms with Gasteiger partial charge in [0.1, 0.15) is 0 Å². The Kier molecular flexibility index (Phi) is 4.70. The van der Waals surface area contributed by atoms with E-state index < -0.39 is 0 Å². The first kappa shape index (κ1) is 11.0. The molecule has 1 heterocycles. The first-order valence-electron chi connectivity index (χ1n) is 5.35. The molecule has 1 fully saturated rings. The molecule has 0 radical (unpaired) electrons. The summed E-state index contributed by atoms with van der Waals surface area (Å²) in [7, 11) is 0. The summed E-state index contributed by atoms with van der Waals surface area (Å²) < 4.78 is 5.44. The van der Waals surface area contributed by atoms with Gasteiger partial charge in [-0.1, -0.05) is 13.8 Å². The number of rotatable bonds is 4. The van der Waals surface area contributed by atoms with Gasteiger partial charge in [-0.25, -0.2) is 0 Å². The quantitative estimate of drug-likeness (QED) is 0.707. The average Bonchev–Trinajstić information content (AvgIpc) is 2.18. The minimum absolute atomic E-state index is 0.326. The van der Waals surface area contributed by atoms with Gasteiger partial charge in [-0.3, -0.25) is 4.90 Å². The fourth-order valence-electron chi connectivity index (χ4n) is 1.74. The third kappa shape index (κ3) is 3.25. The summed E-state index contributed by atoms with van der Waals surface area (Å²) in [5, 5.41) is 0. The molecule has 2 N–H and O–H groups in total. The van der Waals surface area contributed by atoms with E-state index in [2.05, 4.69) is 18.7 Å². The van der Waals surface area contributed by atoms with Crippen LogP contribution in [0.3, 0.4) is 0 Å². The van der Waals surface area contributed by atoms with E-state index in [-0.39, 0.29) is 0 Å². The second kappa shape index (κ2) is 5.58. The number of nitrogens with zero attached hydrogens (tertiary/aromatic N) is 1. The molecule has 0 aromatic carbocycles. The minimum Gasteiger partial charge on any atom is -0.378 e. The SMILES string of the molecule is CCC(N)CN1CCOCC1CC. The zero-order chi connectivity index (χ0) is 9.68. The van der Waals surface area contributed by atoms with Crippen molar-refractivity contribution in [3.63, 3.8) is 0 Å². The monoisotopic (exact) mass is 186 g/mol. The molecule has 0 aromatic rings. The van der Waals surface area contributed by atoms with Gasteiger partial charge in [0.25, 0.3) is 0 Å². The smallest absolute Gasteiger partial charge is 0.0622 e. The number of morpholine rings is 1. The lowest BCUT2D eigenvalue weighted by Crippen LogP contribution is -2.49. The van der Waals surface area contributed by atoms with Crippen molar-refractivity contribution in [2.45, 2.75) is 38.8 Å². The van der Waals surface area contributed by atoms with Crippen molar-refractivity contribution in [1.82, 2.24) is 4.90 Å². The van der Waals surface area contributed by atoms with Gasteiger partial charge in [-0.15, -0.1) is 0 Å². The van der Waals surface area contributed by atoms with Crippen LogP contribution in [0.25, 0.3) is 0 Å². The van der Waals surface area contributed by atoms with Crippen LogP contribution in [-0.2, 0) is 4.74 Å². The molecular weight excluding hydrogens is 164 g/mol. The van der Waals surface area contributed by atoms with Crippen molar-refractivity contribution >= 4 is 0 Å². The Bertz CT molecular complexity index is 141. The van der Waals surface area contributed by atoms with Crippen molar-refractivity contribution < 1.29 is 4.74 Å². The van der Waals surface area contributed by atoms with E-state index in [1.807, 2.05) is 0 Å². The van der Waals surface area contributed by atoms with Crippen LogP contribution >= 0.6 is 0 Å². The summed E-state index contributed by atoms with van der Waals surface area (Å²) in [6.07, 6.45) is 2.23. The van der Waals surface area contributed by atoms with E-state index in [0.29, 0.717) is 12.1 Å². The molecule has 0 spiro atoms. The Hall–Kier alpha value is -0.120. The Balaban J connectivity index is 2.35. The van der Waals surface area contributed by atoms with Gasteiger partial charge in [0.15, 0.2) is 0 Å². The van der Waals surface area contributed by atoms with E-state index in [1.54, 1.807) is 0 Å². The highest BCUT2D eigenvalue weighted by molar-refractivity contribution is 4.77. The first-order chi connectivity index (χ1) is 6.27. The summed E-state index contributed by atoms with van der Waals surface area (Å²) in [5.74, 6) is 0. The highest BCUT2D eigenvalue weighted by atomic mass is 16.5. The van der Waals surface area contributed by atoms with Crippen molar-refractivity contribution in [1.29, 1.82) is 0 Å². The van der Waals surface area contributed by atoms with Gasteiger partial charge >= 0.3 is 0 Å². The fraction of sp³-hybridized carbons (Fsp3) is 1.00. The summed E-state index contributed by atoms with van der Waals surface area (Å²) >= 11 is 0. The van der Waals surface area contributed by atoms with Crippen molar-refractivity contribution in [3.05, 3.63) is 0 Å². The maximum absolute atomic E-state index is 5.94. The highest BCUT2D eigenvalue weighted by Gasteiger charge is 2.22. The molecule has 13 heavy (non-hydrogen) atoms. The maximum atomic E-state index is 5.94. The number of hydrogen-bond donors (Lipinski definition) is 1. The molecule has 2 atom stereocenters. The maximum Gasteiger partial charge on any atom is 0.0622 e. The zero-order valence-corrected chi connectivity index (χ0v) is 8.83. The van der Waals surface area contributed by atoms with E-state index in [9.17, 15) is 0 Å². The molecule has 0 amide bonds. The van der Waals surface area contributed by atoms with E-state index in [0.717, 1.165) is 39.1 Å². The lowest BCUT2D eigenvalue weighted by atomic mass is 10.1. The first-order valence-corrected chi connectivity index (χ1v) is 5.35. The zero-order valence-electron chi connectivity index (χ0n) is 8.83.